The first-order chi connectivity index (χ1) is 9.43. The van der Waals surface area contributed by atoms with E-state index in [1.54, 1.807) is 24.3 Å². The fourth-order valence-electron chi connectivity index (χ4n) is 1.80. The summed E-state index contributed by atoms with van der Waals surface area (Å²) in [5.74, 6) is -0.0756. The normalized spacial score (nSPS) is 12.3. The minimum absolute atomic E-state index is 0.303. The fraction of sp³-hybridized carbons (Fsp3) is 0.143. The van der Waals surface area contributed by atoms with E-state index in [0.29, 0.717) is 31.4 Å². The van der Waals surface area contributed by atoms with Crippen LogP contribution in [0.15, 0.2) is 34.8 Å². The van der Waals surface area contributed by atoms with Crippen LogP contribution >= 0.6 is 50.7 Å². The second kappa shape index (κ2) is 6.52. The smallest absolute Gasteiger partial charge is 0.141 e. The number of methoxy groups -OCH3 is 1. The van der Waals surface area contributed by atoms with Crippen molar-refractivity contribution in [2.75, 3.05) is 7.11 Å². The Hall–Kier alpha value is -0.480. The van der Waals surface area contributed by atoms with Gasteiger partial charge in [0.05, 0.1) is 17.0 Å². The molecule has 0 aliphatic rings. The third kappa shape index (κ3) is 3.22. The maximum atomic E-state index is 13.5. The number of alkyl halides is 1. The van der Waals surface area contributed by atoms with Gasteiger partial charge in [-0.25, -0.2) is 4.39 Å². The van der Waals surface area contributed by atoms with Crippen molar-refractivity contribution in [1.82, 2.24) is 0 Å². The summed E-state index contributed by atoms with van der Waals surface area (Å²) in [6.45, 7) is 0. The number of hydrogen-bond donors (Lipinski definition) is 0. The number of hydrogen-bond acceptors (Lipinski definition) is 1. The Bertz CT molecular complexity index is 649. The van der Waals surface area contributed by atoms with Gasteiger partial charge in [-0.1, -0.05) is 23.2 Å². The van der Waals surface area contributed by atoms with E-state index in [9.17, 15) is 4.39 Å². The zero-order valence-electron chi connectivity index (χ0n) is 10.3. The number of ether oxygens (including phenoxy) is 1. The third-order valence-corrected chi connectivity index (χ3v) is 4.43. The zero-order chi connectivity index (χ0) is 14.9. The lowest BCUT2D eigenvalue weighted by Gasteiger charge is -2.16. The highest BCUT2D eigenvalue weighted by Crippen LogP contribution is 2.40. The van der Waals surface area contributed by atoms with Crippen molar-refractivity contribution in [2.45, 2.75) is 5.38 Å². The molecule has 0 aromatic heterocycles. The largest absolute Gasteiger partial charge is 0.496 e. The molecular formula is C14H9BrCl3FO. The molecule has 1 atom stereocenters. The highest BCUT2D eigenvalue weighted by atomic mass is 79.9. The Kier molecular flexibility index (Phi) is 5.19. The Morgan fingerprint density at radius 3 is 2.50 bits per heavy atom. The standard InChI is InChI=1S/C14H9BrCl3FO/c1-20-13-6-12(19)10(15)5-9(13)14(18)8-4-7(16)2-3-11(8)17/h2-6,14H,1H3. The molecule has 20 heavy (non-hydrogen) atoms. The first-order valence-corrected chi connectivity index (χ1v) is 7.54. The second-order valence-electron chi connectivity index (χ2n) is 4.04. The van der Waals surface area contributed by atoms with Crippen LogP contribution in [0.5, 0.6) is 5.75 Å². The maximum absolute atomic E-state index is 13.5. The van der Waals surface area contributed by atoms with Gasteiger partial charge in [0.25, 0.3) is 0 Å². The molecule has 0 heterocycles. The van der Waals surface area contributed by atoms with E-state index in [1.165, 1.54) is 13.2 Å². The fourth-order valence-corrected chi connectivity index (χ4v) is 2.97. The first-order valence-electron chi connectivity index (χ1n) is 5.56. The van der Waals surface area contributed by atoms with Crippen LogP contribution < -0.4 is 4.74 Å². The number of halogens is 5. The Labute approximate surface area is 139 Å². The second-order valence-corrected chi connectivity index (χ2v) is 6.17. The minimum Gasteiger partial charge on any atom is -0.496 e. The van der Waals surface area contributed by atoms with E-state index in [2.05, 4.69) is 15.9 Å². The average molecular weight is 398 g/mol. The van der Waals surface area contributed by atoms with Crippen molar-refractivity contribution in [1.29, 1.82) is 0 Å². The summed E-state index contributed by atoms with van der Waals surface area (Å²) < 4.78 is 19.0. The summed E-state index contributed by atoms with van der Waals surface area (Å²) in [5, 5.41) is 0.403. The van der Waals surface area contributed by atoms with Crippen molar-refractivity contribution in [3.05, 3.63) is 61.8 Å². The molecular weight excluding hydrogens is 389 g/mol. The molecule has 0 aliphatic carbocycles. The topological polar surface area (TPSA) is 9.23 Å². The van der Waals surface area contributed by atoms with Crippen LogP contribution in [0, 0.1) is 5.82 Å². The molecule has 6 heteroatoms. The molecule has 0 spiro atoms. The molecule has 0 saturated heterocycles. The lowest BCUT2D eigenvalue weighted by molar-refractivity contribution is 0.406. The molecule has 0 saturated carbocycles. The average Bonchev–Trinajstić information content (AvgIpc) is 2.43. The molecule has 2 aromatic rings. The SMILES string of the molecule is COc1cc(F)c(Br)cc1C(Cl)c1cc(Cl)ccc1Cl. The van der Waals surface area contributed by atoms with Crippen LogP contribution in [0.25, 0.3) is 0 Å². The summed E-state index contributed by atoms with van der Waals surface area (Å²) in [5.41, 5.74) is 1.24. The molecule has 2 rings (SSSR count). The molecule has 0 aliphatic heterocycles. The number of benzene rings is 2. The lowest BCUT2D eigenvalue weighted by atomic mass is 10.0. The Morgan fingerprint density at radius 2 is 1.85 bits per heavy atom. The maximum Gasteiger partial charge on any atom is 0.141 e. The van der Waals surface area contributed by atoms with Crippen molar-refractivity contribution in [2.24, 2.45) is 0 Å². The predicted molar refractivity (Wildman–Crippen MR) is 84.8 cm³/mol. The zero-order valence-corrected chi connectivity index (χ0v) is 14.1. The number of rotatable bonds is 3. The van der Waals surface area contributed by atoms with Gasteiger partial charge in [-0.2, -0.15) is 0 Å². The molecule has 106 valence electrons. The molecule has 0 radical (unpaired) electrons. The predicted octanol–water partition coefficient (Wildman–Crippen LogP) is 6.23. The van der Waals surface area contributed by atoms with Crippen LogP contribution in [0.2, 0.25) is 10.0 Å². The van der Waals surface area contributed by atoms with Gasteiger partial charge in [0.2, 0.25) is 0 Å². The van der Waals surface area contributed by atoms with Crippen molar-refractivity contribution in [3.63, 3.8) is 0 Å². The summed E-state index contributed by atoms with van der Waals surface area (Å²) >= 11 is 21.7. The van der Waals surface area contributed by atoms with E-state index < -0.39 is 11.2 Å². The van der Waals surface area contributed by atoms with Crippen LogP contribution in [0.3, 0.4) is 0 Å². The van der Waals surface area contributed by atoms with Gasteiger partial charge in [-0.05, 0) is 45.8 Å². The van der Waals surface area contributed by atoms with Gasteiger partial charge in [-0.15, -0.1) is 11.6 Å². The van der Waals surface area contributed by atoms with E-state index in [1.807, 2.05) is 0 Å². The molecule has 1 nitrogen and oxygen atoms in total. The quantitative estimate of drug-likeness (QED) is 0.557. The van der Waals surface area contributed by atoms with Gasteiger partial charge in [-0.3, -0.25) is 0 Å². The highest BCUT2D eigenvalue weighted by molar-refractivity contribution is 9.10. The van der Waals surface area contributed by atoms with Crippen LogP contribution in [0.1, 0.15) is 16.5 Å². The Morgan fingerprint density at radius 1 is 1.15 bits per heavy atom. The van der Waals surface area contributed by atoms with Crippen molar-refractivity contribution < 1.29 is 9.13 Å². The van der Waals surface area contributed by atoms with Gasteiger partial charge >= 0.3 is 0 Å². The van der Waals surface area contributed by atoms with Gasteiger partial charge in [0, 0.05) is 21.7 Å². The molecule has 1 unspecified atom stereocenters. The van der Waals surface area contributed by atoms with Crippen molar-refractivity contribution >= 4 is 50.7 Å². The minimum atomic E-state index is -0.604. The summed E-state index contributed by atoms with van der Waals surface area (Å²) in [4.78, 5) is 0. The summed E-state index contributed by atoms with van der Waals surface area (Å²) in [7, 11) is 1.45. The summed E-state index contributed by atoms with van der Waals surface area (Å²) in [6, 6.07) is 7.86. The molecule has 0 fully saturated rings. The highest BCUT2D eigenvalue weighted by Gasteiger charge is 2.20. The third-order valence-electron chi connectivity index (χ3n) is 2.78. The molecule has 0 N–H and O–H groups in total. The van der Waals surface area contributed by atoms with E-state index in [4.69, 9.17) is 39.5 Å². The van der Waals surface area contributed by atoms with Gasteiger partial charge < -0.3 is 4.74 Å². The molecule has 0 amide bonds. The summed E-state index contributed by atoms with van der Waals surface area (Å²) in [6.07, 6.45) is 0. The van der Waals surface area contributed by atoms with Crippen LogP contribution in [-0.2, 0) is 0 Å². The first kappa shape index (κ1) is 15.9. The van der Waals surface area contributed by atoms with E-state index in [-0.39, 0.29) is 0 Å². The van der Waals surface area contributed by atoms with Crippen molar-refractivity contribution in [3.8, 4) is 5.75 Å². The van der Waals surface area contributed by atoms with Crippen LogP contribution in [-0.4, -0.2) is 7.11 Å². The van der Waals surface area contributed by atoms with Gasteiger partial charge in [0.1, 0.15) is 11.6 Å². The molecule has 0 bridgehead atoms. The lowest BCUT2D eigenvalue weighted by Crippen LogP contribution is -2.00. The van der Waals surface area contributed by atoms with E-state index >= 15 is 0 Å². The monoisotopic (exact) mass is 396 g/mol. The Balaban J connectivity index is 2.55. The van der Waals surface area contributed by atoms with E-state index in [0.717, 1.165) is 0 Å². The molecule has 2 aromatic carbocycles. The van der Waals surface area contributed by atoms with Gasteiger partial charge in [0.15, 0.2) is 0 Å². The van der Waals surface area contributed by atoms with Crippen LogP contribution in [0.4, 0.5) is 4.39 Å².